The smallest absolute Gasteiger partial charge is 0.336 e. The molecule has 2 fully saturated rings. The lowest BCUT2D eigenvalue weighted by Crippen LogP contribution is -2.48. The zero-order valence-corrected chi connectivity index (χ0v) is 17.4. The van der Waals surface area contributed by atoms with Gasteiger partial charge in [-0.1, -0.05) is 12.1 Å². The van der Waals surface area contributed by atoms with Crippen molar-refractivity contribution in [1.82, 2.24) is 15.3 Å². The van der Waals surface area contributed by atoms with Crippen molar-refractivity contribution in [2.75, 3.05) is 11.4 Å². The number of hydrogen-bond donors (Lipinski definition) is 1. The van der Waals surface area contributed by atoms with E-state index in [0.29, 0.717) is 18.9 Å². The largest absolute Gasteiger partial charge is 0.417 e. The highest BCUT2D eigenvalue weighted by molar-refractivity contribution is 7.92. The van der Waals surface area contributed by atoms with E-state index in [2.05, 4.69) is 15.3 Å². The summed E-state index contributed by atoms with van der Waals surface area (Å²) in [4.78, 5) is 21.6. The molecule has 168 valence electrons. The second kappa shape index (κ2) is 7.74. The third-order valence-electron chi connectivity index (χ3n) is 5.64. The molecule has 2 aliphatic rings. The molecule has 12 heteroatoms. The van der Waals surface area contributed by atoms with Crippen LogP contribution in [0.1, 0.15) is 24.8 Å². The molecule has 2 atom stereocenters. The number of anilines is 1. The first-order valence-corrected chi connectivity index (χ1v) is 11.3. The number of nitrogens with zero attached hydrogens (tertiary/aromatic N) is 4. The van der Waals surface area contributed by atoms with Gasteiger partial charge in [0.1, 0.15) is 11.6 Å². The van der Waals surface area contributed by atoms with E-state index in [1.165, 1.54) is 29.4 Å². The maximum Gasteiger partial charge on any atom is 0.417 e. The second-order valence-corrected chi connectivity index (χ2v) is 9.99. The Bertz CT molecular complexity index is 1180. The van der Waals surface area contributed by atoms with Crippen LogP contribution in [-0.4, -0.2) is 47.7 Å². The van der Waals surface area contributed by atoms with Crippen LogP contribution >= 0.6 is 0 Å². The number of benzene rings is 1. The molecule has 0 radical (unpaired) electrons. The van der Waals surface area contributed by atoms with Crippen LogP contribution in [0, 0.1) is 11.3 Å². The lowest BCUT2D eigenvalue weighted by Gasteiger charge is -2.24. The first kappa shape index (κ1) is 22.0. The minimum Gasteiger partial charge on any atom is -0.336 e. The van der Waals surface area contributed by atoms with Gasteiger partial charge in [-0.25, -0.2) is 18.4 Å². The number of aromatic nitrogens is 2. The SMILES string of the molecule is N#CC1(NC(=O)[C@@H]2C[C@@H](S(=O)(=O)c3ccccc3C(F)(F)F)CN2c2ncccn2)CC1. The van der Waals surface area contributed by atoms with Gasteiger partial charge in [-0.3, -0.25) is 4.79 Å². The zero-order valence-electron chi connectivity index (χ0n) is 16.6. The third kappa shape index (κ3) is 4.00. The number of amides is 1. The van der Waals surface area contributed by atoms with Crippen molar-refractivity contribution >= 4 is 21.7 Å². The Kier molecular flexibility index (Phi) is 5.32. The summed E-state index contributed by atoms with van der Waals surface area (Å²) in [5.41, 5.74) is -2.24. The van der Waals surface area contributed by atoms with E-state index in [4.69, 9.17) is 0 Å². The van der Waals surface area contributed by atoms with Crippen LogP contribution in [-0.2, 0) is 20.8 Å². The lowest BCUT2D eigenvalue weighted by molar-refractivity contribution is -0.139. The van der Waals surface area contributed by atoms with Crippen LogP contribution < -0.4 is 10.2 Å². The standard InChI is InChI=1S/C20H18F3N5O3S/c21-20(22,23)14-4-1-2-5-16(14)32(30,31)13-10-15(17(29)27-19(12-24)6-7-19)28(11-13)18-25-8-3-9-26-18/h1-5,8-9,13,15H,6-7,10-11H2,(H,27,29)/t13-,15+/m1/s1. The predicted octanol–water partition coefficient (Wildman–Crippen LogP) is 2.09. The average Bonchev–Trinajstić information content (AvgIpc) is 3.39. The van der Waals surface area contributed by atoms with Crippen molar-refractivity contribution in [3.63, 3.8) is 0 Å². The van der Waals surface area contributed by atoms with Crippen LogP contribution in [0.25, 0.3) is 0 Å². The molecule has 1 aliphatic heterocycles. The van der Waals surface area contributed by atoms with Crippen molar-refractivity contribution < 1.29 is 26.4 Å². The summed E-state index contributed by atoms with van der Waals surface area (Å²) in [6.45, 7) is -0.268. The summed E-state index contributed by atoms with van der Waals surface area (Å²) in [6.07, 6.45) is -1.34. The number of sulfone groups is 1. The van der Waals surface area contributed by atoms with E-state index in [-0.39, 0.29) is 18.9 Å². The highest BCUT2D eigenvalue weighted by Gasteiger charge is 2.50. The number of nitrogens with one attached hydrogen (secondary N) is 1. The van der Waals surface area contributed by atoms with Gasteiger partial charge in [0.25, 0.3) is 0 Å². The van der Waals surface area contributed by atoms with Gasteiger partial charge in [-0.15, -0.1) is 0 Å². The Morgan fingerprint density at radius 3 is 2.44 bits per heavy atom. The summed E-state index contributed by atoms with van der Waals surface area (Å²) >= 11 is 0. The normalized spacial score (nSPS) is 22.2. The van der Waals surface area contributed by atoms with Crippen molar-refractivity contribution in [3.05, 3.63) is 48.3 Å². The molecule has 1 aromatic carbocycles. The van der Waals surface area contributed by atoms with Gasteiger partial charge >= 0.3 is 6.18 Å². The third-order valence-corrected chi connectivity index (χ3v) is 7.83. The number of alkyl halides is 3. The van der Waals surface area contributed by atoms with E-state index in [1.807, 2.05) is 6.07 Å². The summed E-state index contributed by atoms with van der Waals surface area (Å²) in [7, 11) is -4.46. The van der Waals surface area contributed by atoms with Crippen LogP contribution in [0.2, 0.25) is 0 Å². The molecular formula is C20H18F3N5O3S. The highest BCUT2D eigenvalue weighted by Crippen LogP contribution is 2.39. The number of rotatable bonds is 5. The Balaban J connectivity index is 1.69. The quantitative estimate of drug-likeness (QED) is 0.719. The molecular weight excluding hydrogens is 447 g/mol. The van der Waals surface area contributed by atoms with E-state index < -0.39 is 49.2 Å². The summed E-state index contributed by atoms with van der Waals surface area (Å²) in [5.74, 6) is -0.505. The van der Waals surface area contributed by atoms with Crippen LogP contribution in [0.15, 0.2) is 47.6 Å². The van der Waals surface area contributed by atoms with Crippen LogP contribution in [0.4, 0.5) is 19.1 Å². The van der Waals surface area contributed by atoms with Gasteiger partial charge in [0.15, 0.2) is 9.84 Å². The van der Waals surface area contributed by atoms with Gasteiger partial charge in [0.2, 0.25) is 11.9 Å². The molecule has 8 nitrogen and oxygen atoms in total. The molecule has 1 amide bonds. The molecule has 4 rings (SSSR count). The maximum atomic E-state index is 13.5. The lowest BCUT2D eigenvalue weighted by atomic mass is 10.2. The van der Waals surface area contributed by atoms with E-state index in [0.717, 1.165) is 12.1 Å². The molecule has 0 spiro atoms. The van der Waals surface area contributed by atoms with Gasteiger partial charge < -0.3 is 10.2 Å². The predicted molar refractivity (Wildman–Crippen MR) is 106 cm³/mol. The minimum atomic E-state index is -4.85. The molecule has 1 aliphatic carbocycles. The number of carbonyl (C=O) groups is 1. The summed E-state index contributed by atoms with van der Waals surface area (Å²) in [6, 6.07) is 6.49. The Labute approximate surface area is 182 Å². The fraction of sp³-hybridized carbons (Fsp3) is 0.400. The van der Waals surface area contributed by atoms with E-state index >= 15 is 0 Å². The van der Waals surface area contributed by atoms with Crippen molar-refractivity contribution in [3.8, 4) is 6.07 Å². The Morgan fingerprint density at radius 2 is 1.84 bits per heavy atom. The van der Waals surface area contributed by atoms with E-state index in [1.54, 1.807) is 0 Å². The van der Waals surface area contributed by atoms with Crippen LogP contribution in [0.3, 0.4) is 0 Å². The molecule has 0 unspecified atom stereocenters. The zero-order chi connectivity index (χ0) is 23.1. The monoisotopic (exact) mass is 465 g/mol. The first-order valence-electron chi connectivity index (χ1n) is 9.74. The number of halogens is 3. The number of carbonyl (C=O) groups excluding carboxylic acids is 1. The summed E-state index contributed by atoms with van der Waals surface area (Å²) in [5, 5.41) is 10.6. The average molecular weight is 465 g/mol. The second-order valence-electron chi connectivity index (χ2n) is 7.80. The molecule has 1 saturated carbocycles. The van der Waals surface area contributed by atoms with Crippen LogP contribution in [0.5, 0.6) is 0 Å². The van der Waals surface area contributed by atoms with Gasteiger partial charge in [0.05, 0.1) is 21.8 Å². The number of nitriles is 1. The van der Waals surface area contributed by atoms with Gasteiger partial charge in [0, 0.05) is 18.9 Å². The fourth-order valence-electron chi connectivity index (χ4n) is 3.77. The first-order chi connectivity index (χ1) is 15.1. The molecule has 0 bridgehead atoms. The Hall–Kier alpha value is -3.20. The molecule has 1 saturated heterocycles. The van der Waals surface area contributed by atoms with Gasteiger partial charge in [-0.05, 0) is 37.5 Å². The molecule has 1 aromatic heterocycles. The molecule has 2 aromatic rings. The summed E-state index contributed by atoms with van der Waals surface area (Å²) < 4.78 is 66.9. The van der Waals surface area contributed by atoms with Crippen molar-refractivity contribution in [2.24, 2.45) is 0 Å². The molecule has 1 N–H and O–H groups in total. The molecule has 32 heavy (non-hydrogen) atoms. The van der Waals surface area contributed by atoms with Gasteiger partial charge in [-0.2, -0.15) is 18.4 Å². The highest BCUT2D eigenvalue weighted by atomic mass is 32.2. The molecule has 2 heterocycles. The maximum absolute atomic E-state index is 13.5. The fourth-order valence-corrected chi connectivity index (χ4v) is 5.68. The Morgan fingerprint density at radius 1 is 1.19 bits per heavy atom. The van der Waals surface area contributed by atoms with Crippen molar-refractivity contribution in [1.29, 1.82) is 5.26 Å². The van der Waals surface area contributed by atoms with E-state index in [9.17, 15) is 31.6 Å². The minimum absolute atomic E-state index is 0.0799. The topological polar surface area (TPSA) is 116 Å². The number of hydrogen-bond acceptors (Lipinski definition) is 7. The van der Waals surface area contributed by atoms with Crippen molar-refractivity contribution in [2.45, 2.75) is 47.2 Å².